The van der Waals surface area contributed by atoms with Crippen LogP contribution in [0.15, 0.2) is 60.8 Å². The van der Waals surface area contributed by atoms with Crippen LogP contribution in [-0.4, -0.2) is 12.1 Å². The van der Waals surface area contributed by atoms with Gasteiger partial charge in [-0.15, -0.1) is 0 Å². The fourth-order valence-corrected chi connectivity index (χ4v) is 2.19. The van der Waals surface area contributed by atoms with Crippen molar-refractivity contribution in [1.29, 1.82) is 0 Å². The van der Waals surface area contributed by atoms with E-state index < -0.39 is 0 Å². The van der Waals surface area contributed by atoms with Gasteiger partial charge < -0.3 is 4.74 Å². The van der Waals surface area contributed by atoms with Gasteiger partial charge in [-0.1, -0.05) is 42.5 Å². The Morgan fingerprint density at radius 1 is 0.833 bits per heavy atom. The molecular weight excluding hydrogens is 222 g/mol. The summed E-state index contributed by atoms with van der Waals surface area (Å²) in [6, 6.07) is 18.2. The van der Waals surface area contributed by atoms with E-state index in [4.69, 9.17) is 4.74 Å². The predicted molar refractivity (Wildman–Crippen MR) is 73.7 cm³/mol. The number of methoxy groups -OCH3 is 1. The summed E-state index contributed by atoms with van der Waals surface area (Å²) >= 11 is 0. The molecule has 0 unspecified atom stereocenters. The zero-order valence-electron chi connectivity index (χ0n) is 10.1. The van der Waals surface area contributed by atoms with Crippen molar-refractivity contribution in [3.05, 3.63) is 60.8 Å². The van der Waals surface area contributed by atoms with Gasteiger partial charge in [0, 0.05) is 22.7 Å². The molecule has 1 heterocycles. The van der Waals surface area contributed by atoms with E-state index in [1.54, 1.807) is 7.11 Å². The highest BCUT2D eigenvalue weighted by Crippen LogP contribution is 2.33. The van der Waals surface area contributed by atoms with E-state index in [1.807, 2.05) is 36.5 Å². The van der Waals surface area contributed by atoms with Crippen molar-refractivity contribution >= 4 is 10.9 Å². The smallest absolute Gasteiger partial charge is 0.126 e. The molecule has 0 saturated carbocycles. The molecule has 0 aliphatic heterocycles. The lowest BCUT2D eigenvalue weighted by Gasteiger charge is -2.10. The molecule has 0 atom stereocenters. The van der Waals surface area contributed by atoms with Crippen molar-refractivity contribution in [3.8, 4) is 16.9 Å². The Kier molecular flexibility index (Phi) is 2.69. The first-order valence-electron chi connectivity index (χ1n) is 5.87. The zero-order valence-corrected chi connectivity index (χ0v) is 10.1. The molecule has 0 aliphatic carbocycles. The van der Waals surface area contributed by atoms with Crippen LogP contribution in [0.4, 0.5) is 0 Å². The number of rotatable bonds is 2. The first kappa shape index (κ1) is 10.8. The molecule has 2 aromatic carbocycles. The molecule has 0 spiro atoms. The maximum absolute atomic E-state index is 5.42. The van der Waals surface area contributed by atoms with E-state index >= 15 is 0 Å². The highest BCUT2D eigenvalue weighted by molar-refractivity contribution is 5.94. The average Bonchev–Trinajstić information content (AvgIpc) is 2.46. The van der Waals surface area contributed by atoms with Crippen LogP contribution >= 0.6 is 0 Å². The molecule has 0 N–H and O–H groups in total. The second kappa shape index (κ2) is 4.49. The third kappa shape index (κ3) is 1.72. The molecule has 18 heavy (non-hydrogen) atoms. The number of pyridine rings is 1. The minimum Gasteiger partial charge on any atom is -0.496 e. The summed E-state index contributed by atoms with van der Waals surface area (Å²) in [5, 5.41) is 1.14. The fraction of sp³-hybridized carbons (Fsp3) is 0.0625. The van der Waals surface area contributed by atoms with Crippen LogP contribution in [0, 0.1) is 0 Å². The number of fused-ring (bicyclic) bond motifs is 1. The van der Waals surface area contributed by atoms with E-state index in [0.717, 1.165) is 27.8 Å². The molecule has 0 amide bonds. The predicted octanol–water partition coefficient (Wildman–Crippen LogP) is 3.91. The molecule has 0 saturated heterocycles. The molecule has 3 rings (SSSR count). The normalized spacial score (nSPS) is 10.5. The van der Waals surface area contributed by atoms with Crippen LogP contribution in [0.25, 0.3) is 22.0 Å². The minimum atomic E-state index is 0.871. The maximum Gasteiger partial charge on any atom is 0.126 e. The van der Waals surface area contributed by atoms with Crippen molar-refractivity contribution in [3.63, 3.8) is 0 Å². The largest absolute Gasteiger partial charge is 0.496 e. The Morgan fingerprint density at radius 2 is 1.61 bits per heavy atom. The molecule has 0 fully saturated rings. The second-order valence-electron chi connectivity index (χ2n) is 4.08. The molecular formula is C16H13NO. The summed E-state index contributed by atoms with van der Waals surface area (Å²) in [6.45, 7) is 0. The van der Waals surface area contributed by atoms with Crippen molar-refractivity contribution in [2.24, 2.45) is 0 Å². The van der Waals surface area contributed by atoms with Gasteiger partial charge in [-0.3, -0.25) is 4.98 Å². The molecule has 2 nitrogen and oxygen atoms in total. The number of hydrogen-bond acceptors (Lipinski definition) is 2. The number of ether oxygens (including phenoxy) is 1. The summed E-state index contributed by atoms with van der Waals surface area (Å²) < 4.78 is 5.42. The van der Waals surface area contributed by atoms with Crippen LogP contribution in [0.1, 0.15) is 0 Å². The number of para-hydroxylation sites is 2. The molecule has 0 aliphatic rings. The van der Waals surface area contributed by atoms with E-state index in [-0.39, 0.29) is 0 Å². The molecule has 2 heteroatoms. The Labute approximate surface area is 106 Å². The second-order valence-corrected chi connectivity index (χ2v) is 4.08. The van der Waals surface area contributed by atoms with Gasteiger partial charge in [0.25, 0.3) is 0 Å². The zero-order chi connectivity index (χ0) is 12.4. The number of benzene rings is 2. The van der Waals surface area contributed by atoms with E-state index in [9.17, 15) is 0 Å². The van der Waals surface area contributed by atoms with Crippen LogP contribution < -0.4 is 4.74 Å². The summed E-state index contributed by atoms with van der Waals surface area (Å²) in [6.07, 6.45) is 1.82. The van der Waals surface area contributed by atoms with Crippen molar-refractivity contribution < 1.29 is 4.74 Å². The van der Waals surface area contributed by atoms with Crippen molar-refractivity contribution in [2.45, 2.75) is 0 Å². The first-order valence-corrected chi connectivity index (χ1v) is 5.87. The lowest BCUT2D eigenvalue weighted by molar-refractivity contribution is 0.416. The summed E-state index contributed by atoms with van der Waals surface area (Å²) in [5.74, 6) is 0.871. The van der Waals surface area contributed by atoms with Crippen molar-refractivity contribution in [1.82, 2.24) is 4.98 Å². The van der Waals surface area contributed by atoms with Gasteiger partial charge in [0.05, 0.1) is 12.6 Å². The summed E-state index contributed by atoms with van der Waals surface area (Å²) in [5.41, 5.74) is 3.18. The van der Waals surface area contributed by atoms with Gasteiger partial charge in [-0.2, -0.15) is 0 Å². The Morgan fingerprint density at radius 3 is 2.50 bits per heavy atom. The lowest BCUT2D eigenvalue weighted by atomic mass is 10.0. The topological polar surface area (TPSA) is 22.1 Å². The summed E-state index contributed by atoms with van der Waals surface area (Å²) in [4.78, 5) is 4.48. The molecule has 3 aromatic rings. The summed E-state index contributed by atoms with van der Waals surface area (Å²) in [7, 11) is 1.69. The van der Waals surface area contributed by atoms with Gasteiger partial charge in [0.2, 0.25) is 0 Å². The van der Waals surface area contributed by atoms with E-state index in [1.165, 1.54) is 0 Å². The lowest BCUT2D eigenvalue weighted by Crippen LogP contribution is -1.89. The standard InChI is InChI=1S/C16H13NO/c1-18-15-10-3-2-8-13(15)14-9-4-6-12-7-5-11-17-16(12)14/h2-11H,1H3. The quantitative estimate of drug-likeness (QED) is 0.671. The fourth-order valence-electron chi connectivity index (χ4n) is 2.19. The molecule has 0 radical (unpaired) electrons. The van der Waals surface area contributed by atoms with Crippen molar-refractivity contribution in [2.75, 3.05) is 7.11 Å². The number of aromatic nitrogens is 1. The van der Waals surface area contributed by atoms with Crippen LogP contribution in [0.5, 0.6) is 5.75 Å². The van der Waals surface area contributed by atoms with Gasteiger partial charge in [0.1, 0.15) is 5.75 Å². The number of hydrogen-bond donors (Lipinski definition) is 0. The SMILES string of the molecule is COc1ccccc1-c1cccc2cccnc12. The monoisotopic (exact) mass is 235 g/mol. The Bertz CT molecular complexity index is 686. The highest BCUT2D eigenvalue weighted by atomic mass is 16.5. The first-order chi connectivity index (χ1) is 8.90. The van der Waals surface area contributed by atoms with Gasteiger partial charge in [-0.05, 0) is 12.1 Å². The van der Waals surface area contributed by atoms with Crippen LogP contribution in [0.3, 0.4) is 0 Å². The van der Waals surface area contributed by atoms with E-state index in [2.05, 4.69) is 29.2 Å². The van der Waals surface area contributed by atoms with Crippen LogP contribution in [0.2, 0.25) is 0 Å². The Hall–Kier alpha value is -2.35. The maximum atomic E-state index is 5.42. The Balaban J connectivity index is 2.32. The number of nitrogens with zero attached hydrogens (tertiary/aromatic N) is 1. The molecule has 88 valence electrons. The molecule has 0 bridgehead atoms. The molecule has 1 aromatic heterocycles. The van der Waals surface area contributed by atoms with E-state index in [0.29, 0.717) is 0 Å². The third-order valence-corrected chi connectivity index (χ3v) is 3.03. The third-order valence-electron chi connectivity index (χ3n) is 3.03. The average molecular weight is 235 g/mol. The van der Waals surface area contributed by atoms with Gasteiger partial charge >= 0.3 is 0 Å². The van der Waals surface area contributed by atoms with Gasteiger partial charge in [-0.25, -0.2) is 0 Å². The highest BCUT2D eigenvalue weighted by Gasteiger charge is 2.08. The van der Waals surface area contributed by atoms with Crippen LogP contribution in [-0.2, 0) is 0 Å². The minimum absolute atomic E-state index is 0.871. The van der Waals surface area contributed by atoms with Gasteiger partial charge in [0.15, 0.2) is 0 Å².